The summed E-state index contributed by atoms with van der Waals surface area (Å²) in [5, 5.41) is 12.1. The molecule has 0 fully saturated rings. The molecular formula is C16H17N3O3S. The molecule has 1 atom stereocenters. The molecule has 0 spiro atoms. The second-order valence-electron chi connectivity index (χ2n) is 5.90. The molecule has 0 saturated heterocycles. The third kappa shape index (κ3) is 4.50. The largest absolute Gasteiger partial charge is 0.444 e. The predicted octanol–water partition coefficient (Wildman–Crippen LogP) is 3.00. The van der Waals surface area contributed by atoms with Crippen molar-refractivity contribution in [2.45, 2.75) is 32.3 Å². The summed E-state index contributed by atoms with van der Waals surface area (Å²) in [5.41, 5.74) is 0.107. The van der Waals surface area contributed by atoms with Gasteiger partial charge in [0.25, 0.3) is 0 Å². The van der Waals surface area contributed by atoms with Gasteiger partial charge in [0.05, 0.1) is 22.8 Å². The van der Waals surface area contributed by atoms with Gasteiger partial charge in [-0.2, -0.15) is 5.26 Å². The summed E-state index contributed by atoms with van der Waals surface area (Å²) in [5.74, 6) is -1.42. The van der Waals surface area contributed by atoms with Crippen LogP contribution in [-0.4, -0.2) is 29.0 Å². The second kappa shape index (κ2) is 6.75. The number of alkyl carbamates (subject to hydrolysis) is 1. The van der Waals surface area contributed by atoms with Gasteiger partial charge in [0.15, 0.2) is 11.7 Å². The molecule has 0 saturated carbocycles. The number of hydrogen-bond donors (Lipinski definition) is 1. The molecule has 0 aliphatic heterocycles. The molecule has 0 bridgehead atoms. The number of hydrogen-bond acceptors (Lipinski definition) is 6. The first kappa shape index (κ1) is 16.9. The van der Waals surface area contributed by atoms with E-state index in [2.05, 4.69) is 10.3 Å². The number of carbonyl (C=O) groups excluding carboxylic acids is 2. The summed E-state index contributed by atoms with van der Waals surface area (Å²) in [7, 11) is 0. The molecule has 0 aliphatic rings. The number of nitrogens with one attached hydrogen (secondary N) is 1. The lowest BCUT2D eigenvalue weighted by Crippen LogP contribution is -2.36. The van der Waals surface area contributed by atoms with Crippen LogP contribution in [0.2, 0.25) is 0 Å². The van der Waals surface area contributed by atoms with Crippen LogP contribution in [0.1, 0.15) is 31.7 Å². The van der Waals surface area contributed by atoms with Crippen LogP contribution in [0.25, 0.3) is 10.2 Å². The van der Waals surface area contributed by atoms with Crippen LogP contribution in [0.4, 0.5) is 4.79 Å². The van der Waals surface area contributed by atoms with Crippen molar-refractivity contribution in [2.24, 2.45) is 0 Å². The Bertz CT molecular complexity index is 738. The van der Waals surface area contributed by atoms with Crippen LogP contribution in [0.3, 0.4) is 0 Å². The standard InChI is InChI=1S/C16H17N3O3S/c1-16(2,3)22-15(21)18-9-12(20)10(8-17)14-19-11-6-4-5-7-13(11)23-14/h4-7,10H,9H2,1-3H3,(H,18,21)/t10-/m0/s1. The average molecular weight is 331 g/mol. The Morgan fingerprint density at radius 2 is 2.09 bits per heavy atom. The number of carbonyl (C=O) groups is 2. The van der Waals surface area contributed by atoms with Crippen molar-refractivity contribution in [1.82, 2.24) is 10.3 Å². The predicted molar refractivity (Wildman–Crippen MR) is 87.2 cm³/mol. The molecule has 1 N–H and O–H groups in total. The van der Waals surface area contributed by atoms with E-state index in [9.17, 15) is 14.9 Å². The maximum absolute atomic E-state index is 12.2. The van der Waals surface area contributed by atoms with E-state index in [-0.39, 0.29) is 6.54 Å². The molecule has 1 aromatic heterocycles. The van der Waals surface area contributed by atoms with Crippen molar-refractivity contribution in [1.29, 1.82) is 5.26 Å². The number of ketones is 1. The van der Waals surface area contributed by atoms with E-state index < -0.39 is 23.4 Å². The normalized spacial score (nSPS) is 12.4. The van der Waals surface area contributed by atoms with Crippen molar-refractivity contribution in [3.05, 3.63) is 29.3 Å². The number of Topliss-reactive ketones (excluding diaryl/α,β-unsaturated/α-hetero) is 1. The minimum atomic E-state index is -0.998. The Labute approximate surface area is 138 Å². The Balaban J connectivity index is 2.04. The van der Waals surface area contributed by atoms with Gasteiger partial charge in [-0.15, -0.1) is 11.3 Å². The average Bonchev–Trinajstić information content (AvgIpc) is 2.87. The van der Waals surface area contributed by atoms with Crippen LogP contribution < -0.4 is 5.32 Å². The number of benzene rings is 1. The van der Waals surface area contributed by atoms with Crippen molar-refractivity contribution >= 4 is 33.4 Å². The third-order valence-corrected chi connectivity index (χ3v) is 3.92. The van der Waals surface area contributed by atoms with E-state index in [1.807, 2.05) is 30.3 Å². The Hall–Kier alpha value is -2.46. The molecular weight excluding hydrogens is 314 g/mol. The molecule has 0 unspecified atom stereocenters. The molecule has 7 heteroatoms. The van der Waals surface area contributed by atoms with Gasteiger partial charge in [-0.05, 0) is 32.9 Å². The van der Waals surface area contributed by atoms with Gasteiger partial charge in [-0.25, -0.2) is 9.78 Å². The van der Waals surface area contributed by atoms with Gasteiger partial charge in [0.2, 0.25) is 0 Å². The number of nitrogens with zero attached hydrogens (tertiary/aromatic N) is 2. The minimum Gasteiger partial charge on any atom is -0.444 e. The number of thiazole rings is 1. The van der Waals surface area contributed by atoms with Crippen LogP contribution in [0.15, 0.2) is 24.3 Å². The van der Waals surface area contributed by atoms with E-state index in [1.54, 1.807) is 20.8 Å². The number of ether oxygens (including phenoxy) is 1. The Morgan fingerprint density at radius 3 is 2.70 bits per heavy atom. The summed E-state index contributed by atoms with van der Waals surface area (Å²) in [4.78, 5) is 28.1. The van der Waals surface area contributed by atoms with Crippen LogP contribution in [-0.2, 0) is 9.53 Å². The fourth-order valence-corrected chi connectivity index (χ4v) is 2.89. The lowest BCUT2D eigenvalue weighted by molar-refractivity contribution is -0.118. The monoisotopic (exact) mass is 331 g/mol. The highest BCUT2D eigenvalue weighted by Gasteiger charge is 2.25. The highest BCUT2D eigenvalue weighted by Crippen LogP contribution is 2.27. The lowest BCUT2D eigenvalue weighted by Gasteiger charge is -2.19. The minimum absolute atomic E-state index is 0.275. The van der Waals surface area contributed by atoms with Crippen LogP contribution in [0.5, 0.6) is 0 Å². The summed E-state index contributed by atoms with van der Waals surface area (Å²) in [6.07, 6.45) is -0.688. The van der Waals surface area contributed by atoms with Crippen molar-refractivity contribution in [2.75, 3.05) is 6.54 Å². The van der Waals surface area contributed by atoms with E-state index >= 15 is 0 Å². The van der Waals surface area contributed by atoms with E-state index in [0.717, 1.165) is 10.2 Å². The number of aromatic nitrogens is 1. The Kier molecular flexibility index (Phi) is 4.96. The van der Waals surface area contributed by atoms with E-state index in [1.165, 1.54) is 11.3 Å². The summed E-state index contributed by atoms with van der Waals surface area (Å²) >= 11 is 1.30. The third-order valence-electron chi connectivity index (χ3n) is 2.81. The Morgan fingerprint density at radius 1 is 1.39 bits per heavy atom. The number of nitriles is 1. The maximum atomic E-state index is 12.2. The molecule has 6 nitrogen and oxygen atoms in total. The van der Waals surface area contributed by atoms with Gasteiger partial charge in [-0.1, -0.05) is 12.1 Å². The number of para-hydroxylation sites is 1. The quantitative estimate of drug-likeness (QED) is 0.929. The fourth-order valence-electron chi connectivity index (χ4n) is 1.85. The first-order valence-corrected chi connectivity index (χ1v) is 7.86. The summed E-state index contributed by atoms with van der Waals surface area (Å²) in [6.45, 7) is 4.91. The van der Waals surface area contributed by atoms with Crippen molar-refractivity contribution in [3.8, 4) is 6.07 Å². The molecule has 1 heterocycles. The molecule has 23 heavy (non-hydrogen) atoms. The fraction of sp³-hybridized carbons (Fsp3) is 0.375. The summed E-state index contributed by atoms with van der Waals surface area (Å²) in [6, 6.07) is 9.39. The van der Waals surface area contributed by atoms with E-state index in [0.29, 0.717) is 5.01 Å². The van der Waals surface area contributed by atoms with Crippen molar-refractivity contribution < 1.29 is 14.3 Å². The molecule has 2 rings (SSSR count). The molecule has 120 valence electrons. The molecule has 1 amide bonds. The SMILES string of the molecule is CC(C)(C)OC(=O)NCC(=O)[C@H](C#N)c1nc2ccccc2s1. The lowest BCUT2D eigenvalue weighted by atomic mass is 10.1. The molecule has 0 aliphatic carbocycles. The molecule has 2 aromatic rings. The van der Waals surface area contributed by atoms with Crippen LogP contribution >= 0.6 is 11.3 Å². The van der Waals surface area contributed by atoms with Gasteiger partial charge >= 0.3 is 6.09 Å². The molecule has 0 radical (unpaired) electrons. The second-order valence-corrected chi connectivity index (χ2v) is 6.97. The zero-order valence-electron chi connectivity index (χ0n) is 13.1. The van der Waals surface area contributed by atoms with Crippen molar-refractivity contribution in [3.63, 3.8) is 0 Å². The highest BCUT2D eigenvalue weighted by atomic mass is 32.1. The maximum Gasteiger partial charge on any atom is 0.408 e. The van der Waals surface area contributed by atoms with Gasteiger partial charge in [0.1, 0.15) is 10.6 Å². The van der Waals surface area contributed by atoms with Gasteiger partial charge < -0.3 is 10.1 Å². The number of rotatable bonds is 4. The number of amides is 1. The molecule has 1 aromatic carbocycles. The zero-order valence-corrected chi connectivity index (χ0v) is 13.9. The van der Waals surface area contributed by atoms with Gasteiger partial charge in [0, 0.05) is 0 Å². The first-order chi connectivity index (χ1) is 10.8. The van der Waals surface area contributed by atoms with Gasteiger partial charge in [-0.3, -0.25) is 4.79 Å². The topological polar surface area (TPSA) is 92.1 Å². The zero-order chi connectivity index (χ0) is 17.0. The van der Waals surface area contributed by atoms with Crippen LogP contribution in [0, 0.1) is 11.3 Å². The van der Waals surface area contributed by atoms with E-state index in [4.69, 9.17) is 4.74 Å². The first-order valence-electron chi connectivity index (χ1n) is 7.05. The highest BCUT2D eigenvalue weighted by molar-refractivity contribution is 7.18. The smallest absolute Gasteiger partial charge is 0.408 e. The number of fused-ring (bicyclic) bond motifs is 1. The summed E-state index contributed by atoms with van der Waals surface area (Å²) < 4.78 is 5.97.